The fourth-order valence-corrected chi connectivity index (χ4v) is 3.30. The fraction of sp³-hybridized carbons (Fsp3) is 0.769. The fourth-order valence-electron chi connectivity index (χ4n) is 3.30. The SMILES string of the molecule is CC(C)(C)OC(=O)N1[C@H]2CC[C@@H]1C(O)(C(=O)O)C2C(=O)O. The molecule has 2 heterocycles. The van der Waals surface area contributed by atoms with Crippen molar-refractivity contribution in [3.63, 3.8) is 0 Å². The summed E-state index contributed by atoms with van der Waals surface area (Å²) in [4.78, 5) is 36.0. The van der Waals surface area contributed by atoms with Crippen LogP contribution in [-0.2, 0) is 14.3 Å². The third-order valence-electron chi connectivity index (χ3n) is 4.01. The Morgan fingerprint density at radius 2 is 1.76 bits per heavy atom. The summed E-state index contributed by atoms with van der Waals surface area (Å²) in [5.41, 5.74) is -3.27. The molecule has 2 unspecified atom stereocenters. The van der Waals surface area contributed by atoms with E-state index in [1.54, 1.807) is 20.8 Å². The number of hydrogen-bond donors (Lipinski definition) is 3. The van der Waals surface area contributed by atoms with Gasteiger partial charge in [0.2, 0.25) is 0 Å². The molecule has 8 nitrogen and oxygen atoms in total. The number of fused-ring (bicyclic) bond motifs is 2. The quantitative estimate of drug-likeness (QED) is 0.669. The van der Waals surface area contributed by atoms with Crippen LogP contribution in [0.2, 0.25) is 0 Å². The first kappa shape index (κ1) is 15.6. The molecule has 0 aliphatic carbocycles. The molecule has 8 heteroatoms. The number of ether oxygens (including phenoxy) is 1. The van der Waals surface area contributed by atoms with Gasteiger partial charge in [0.05, 0.1) is 12.1 Å². The van der Waals surface area contributed by atoms with E-state index in [0.717, 1.165) is 4.90 Å². The first-order valence-electron chi connectivity index (χ1n) is 6.70. The van der Waals surface area contributed by atoms with Gasteiger partial charge < -0.3 is 20.1 Å². The Morgan fingerprint density at radius 3 is 2.14 bits per heavy atom. The molecule has 118 valence electrons. The second-order valence-electron chi connectivity index (χ2n) is 6.49. The summed E-state index contributed by atoms with van der Waals surface area (Å²) in [6.45, 7) is 4.96. The Labute approximate surface area is 121 Å². The van der Waals surface area contributed by atoms with Crippen molar-refractivity contribution in [2.24, 2.45) is 5.92 Å². The van der Waals surface area contributed by atoms with Gasteiger partial charge >= 0.3 is 18.0 Å². The van der Waals surface area contributed by atoms with Gasteiger partial charge in [-0.1, -0.05) is 0 Å². The molecule has 0 aromatic heterocycles. The molecular formula is C13H19NO7. The predicted molar refractivity (Wildman–Crippen MR) is 68.6 cm³/mol. The molecule has 3 N–H and O–H groups in total. The number of carbonyl (C=O) groups is 3. The van der Waals surface area contributed by atoms with Gasteiger partial charge in [-0.2, -0.15) is 0 Å². The lowest BCUT2D eigenvalue weighted by Crippen LogP contribution is -2.56. The standard InChI is InChI=1S/C13H19NO7/c1-12(2,3)21-11(19)14-6-4-5-7(14)13(20,10(17)18)8(6)9(15)16/h6-8,20H,4-5H2,1-3H3,(H,15,16)(H,17,18)/t6-,7+,8?,13?/m0/s1. The summed E-state index contributed by atoms with van der Waals surface area (Å²) < 4.78 is 5.19. The lowest BCUT2D eigenvalue weighted by Gasteiger charge is -2.31. The molecule has 4 atom stereocenters. The second kappa shape index (κ2) is 4.59. The highest BCUT2D eigenvalue weighted by Crippen LogP contribution is 2.49. The molecule has 1 amide bonds. The van der Waals surface area contributed by atoms with Gasteiger partial charge in [-0.15, -0.1) is 0 Å². The second-order valence-corrected chi connectivity index (χ2v) is 6.49. The van der Waals surface area contributed by atoms with E-state index in [-0.39, 0.29) is 6.42 Å². The Morgan fingerprint density at radius 1 is 1.19 bits per heavy atom. The highest BCUT2D eigenvalue weighted by Gasteiger charge is 2.70. The first-order chi connectivity index (χ1) is 9.50. The minimum absolute atomic E-state index is 0.233. The molecule has 0 spiro atoms. The number of hydrogen-bond acceptors (Lipinski definition) is 5. The number of aliphatic carboxylic acids is 2. The zero-order valence-corrected chi connectivity index (χ0v) is 12.1. The summed E-state index contributed by atoms with van der Waals surface area (Å²) in [6.07, 6.45) is -0.231. The number of carboxylic acid groups (broad SMARTS) is 2. The maximum Gasteiger partial charge on any atom is 0.410 e. The van der Waals surface area contributed by atoms with Gasteiger partial charge in [-0.3, -0.25) is 9.69 Å². The number of carboxylic acids is 2. The van der Waals surface area contributed by atoms with E-state index in [2.05, 4.69) is 0 Å². The highest BCUT2D eigenvalue weighted by molar-refractivity contribution is 5.90. The zero-order chi connectivity index (χ0) is 16.2. The topological polar surface area (TPSA) is 124 Å². The van der Waals surface area contributed by atoms with Crippen LogP contribution in [0.5, 0.6) is 0 Å². The van der Waals surface area contributed by atoms with Crippen molar-refractivity contribution < 1.29 is 34.4 Å². The summed E-state index contributed by atoms with van der Waals surface area (Å²) in [5.74, 6) is -4.61. The minimum Gasteiger partial charge on any atom is -0.481 e. The van der Waals surface area contributed by atoms with Crippen LogP contribution in [0.4, 0.5) is 4.79 Å². The van der Waals surface area contributed by atoms with E-state index < -0.39 is 47.2 Å². The zero-order valence-electron chi connectivity index (χ0n) is 12.1. The lowest BCUT2D eigenvalue weighted by molar-refractivity contribution is -0.175. The van der Waals surface area contributed by atoms with Crippen LogP contribution in [0.15, 0.2) is 0 Å². The Bertz CT molecular complexity index is 497. The van der Waals surface area contributed by atoms with Crippen molar-refractivity contribution in [2.45, 2.75) is 56.9 Å². The largest absolute Gasteiger partial charge is 0.481 e. The minimum atomic E-state index is -2.48. The highest BCUT2D eigenvalue weighted by atomic mass is 16.6. The smallest absolute Gasteiger partial charge is 0.410 e. The van der Waals surface area contributed by atoms with Crippen molar-refractivity contribution in [3.05, 3.63) is 0 Å². The van der Waals surface area contributed by atoms with E-state index >= 15 is 0 Å². The van der Waals surface area contributed by atoms with Crippen LogP contribution in [-0.4, -0.2) is 61.5 Å². The Balaban J connectivity index is 2.37. The number of aliphatic hydroxyl groups is 1. The molecule has 2 saturated heterocycles. The molecule has 0 saturated carbocycles. The van der Waals surface area contributed by atoms with E-state index in [9.17, 15) is 29.7 Å². The molecule has 0 aromatic carbocycles. The Hall–Kier alpha value is -1.83. The summed E-state index contributed by atoms with van der Waals surface area (Å²) in [7, 11) is 0. The van der Waals surface area contributed by atoms with Crippen LogP contribution in [0.25, 0.3) is 0 Å². The van der Waals surface area contributed by atoms with Gasteiger partial charge in [-0.05, 0) is 33.6 Å². The maximum absolute atomic E-state index is 12.2. The maximum atomic E-state index is 12.2. The van der Waals surface area contributed by atoms with Crippen LogP contribution in [0, 0.1) is 5.92 Å². The van der Waals surface area contributed by atoms with Gasteiger partial charge in [0.1, 0.15) is 11.5 Å². The summed E-state index contributed by atoms with van der Waals surface area (Å²) >= 11 is 0. The van der Waals surface area contributed by atoms with Crippen molar-refractivity contribution in [1.82, 2.24) is 4.90 Å². The summed E-state index contributed by atoms with van der Waals surface area (Å²) in [5, 5.41) is 28.9. The van der Waals surface area contributed by atoms with Gasteiger partial charge in [0.25, 0.3) is 0 Å². The van der Waals surface area contributed by atoms with Crippen molar-refractivity contribution in [3.8, 4) is 0 Å². The third kappa shape index (κ3) is 2.23. The average molecular weight is 301 g/mol. The number of nitrogens with zero attached hydrogens (tertiary/aromatic N) is 1. The Kier molecular flexibility index (Phi) is 3.40. The molecule has 2 aliphatic heterocycles. The first-order valence-corrected chi connectivity index (χ1v) is 6.70. The lowest BCUT2D eigenvalue weighted by atomic mass is 9.75. The van der Waals surface area contributed by atoms with Gasteiger partial charge in [-0.25, -0.2) is 9.59 Å². The summed E-state index contributed by atoms with van der Waals surface area (Å²) in [6, 6.07) is -1.96. The molecular weight excluding hydrogens is 282 g/mol. The molecule has 2 rings (SSSR count). The van der Waals surface area contributed by atoms with Crippen molar-refractivity contribution in [1.29, 1.82) is 0 Å². The average Bonchev–Trinajstić information content (AvgIpc) is 2.80. The molecule has 0 radical (unpaired) electrons. The van der Waals surface area contributed by atoms with Gasteiger partial charge in [0.15, 0.2) is 5.60 Å². The number of amides is 1. The number of rotatable bonds is 2. The third-order valence-corrected chi connectivity index (χ3v) is 4.01. The van der Waals surface area contributed by atoms with E-state index in [4.69, 9.17) is 4.74 Å². The van der Waals surface area contributed by atoms with Crippen molar-refractivity contribution in [2.75, 3.05) is 0 Å². The van der Waals surface area contributed by atoms with E-state index in [0.29, 0.717) is 6.42 Å². The molecule has 2 fully saturated rings. The van der Waals surface area contributed by atoms with Crippen molar-refractivity contribution >= 4 is 18.0 Å². The van der Waals surface area contributed by atoms with Crippen LogP contribution < -0.4 is 0 Å². The van der Waals surface area contributed by atoms with Crippen LogP contribution >= 0.6 is 0 Å². The number of carbonyl (C=O) groups excluding carboxylic acids is 1. The van der Waals surface area contributed by atoms with E-state index in [1.807, 2.05) is 0 Å². The molecule has 2 bridgehead atoms. The monoisotopic (exact) mass is 301 g/mol. The van der Waals surface area contributed by atoms with E-state index in [1.165, 1.54) is 0 Å². The van der Waals surface area contributed by atoms with Crippen LogP contribution in [0.1, 0.15) is 33.6 Å². The predicted octanol–water partition coefficient (Wildman–Crippen LogP) is 0.285. The van der Waals surface area contributed by atoms with Crippen LogP contribution in [0.3, 0.4) is 0 Å². The molecule has 2 aliphatic rings. The normalized spacial score (nSPS) is 34.9. The van der Waals surface area contributed by atoms with Gasteiger partial charge in [0, 0.05) is 0 Å². The molecule has 21 heavy (non-hydrogen) atoms. The molecule has 0 aromatic rings.